The van der Waals surface area contributed by atoms with Gasteiger partial charge in [0.2, 0.25) is 0 Å². The van der Waals surface area contributed by atoms with E-state index in [0.29, 0.717) is 6.42 Å². The largest absolute Gasteiger partial charge is 0.508 e. The second-order valence-electron chi connectivity index (χ2n) is 4.11. The molecule has 2 N–H and O–H groups in total. The van der Waals surface area contributed by atoms with E-state index in [1.165, 1.54) is 16.9 Å². The molecule has 2 aromatic rings. The number of aromatic nitrogens is 2. The van der Waals surface area contributed by atoms with Crippen LogP contribution in [0.3, 0.4) is 0 Å². The van der Waals surface area contributed by atoms with Crippen molar-refractivity contribution in [3.63, 3.8) is 0 Å². The fraction of sp³-hybridized carbons (Fsp3) is 0.250. The summed E-state index contributed by atoms with van der Waals surface area (Å²) in [5.74, 6) is 0.194. The van der Waals surface area contributed by atoms with Crippen LogP contribution >= 0.6 is 0 Å². The Morgan fingerprint density at radius 2 is 1.95 bits per heavy atom. The Bertz CT molecular complexity index is 647. The molecule has 7 heteroatoms. The van der Waals surface area contributed by atoms with Crippen LogP contribution < -0.4 is 4.72 Å². The molecule has 0 bridgehead atoms. The molecule has 0 radical (unpaired) electrons. The summed E-state index contributed by atoms with van der Waals surface area (Å²) in [6.45, 7) is 0.290. The van der Waals surface area contributed by atoms with E-state index >= 15 is 0 Å². The number of hydrogen-bond acceptors (Lipinski definition) is 4. The molecule has 0 spiro atoms. The maximum absolute atomic E-state index is 11.9. The standard InChI is InChI=1S/C12H15N3O3S/c1-15-12(7-8-13-15)19(17,18)14-9-6-10-2-4-11(16)5-3-10/h2-5,7-8,14,16H,6,9H2,1H3. The second-order valence-corrected chi connectivity index (χ2v) is 5.82. The topological polar surface area (TPSA) is 84.2 Å². The van der Waals surface area contributed by atoms with E-state index in [9.17, 15) is 8.42 Å². The number of aryl methyl sites for hydroxylation is 1. The summed E-state index contributed by atoms with van der Waals surface area (Å²) in [6, 6.07) is 8.11. The minimum absolute atomic E-state index is 0.137. The van der Waals surface area contributed by atoms with E-state index in [1.54, 1.807) is 31.3 Å². The van der Waals surface area contributed by atoms with Gasteiger partial charge >= 0.3 is 0 Å². The zero-order valence-electron chi connectivity index (χ0n) is 10.4. The molecule has 0 aliphatic carbocycles. The first-order valence-corrected chi connectivity index (χ1v) is 7.23. The average Bonchev–Trinajstić information content (AvgIpc) is 2.79. The molecule has 0 saturated heterocycles. The monoisotopic (exact) mass is 281 g/mol. The third-order valence-electron chi connectivity index (χ3n) is 2.69. The van der Waals surface area contributed by atoms with Gasteiger partial charge in [-0.2, -0.15) is 5.10 Å². The first-order chi connectivity index (χ1) is 8.99. The van der Waals surface area contributed by atoms with Crippen LogP contribution in [-0.4, -0.2) is 29.8 Å². The molecule has 2 rings (SSSR count). The normalized spacial score (nSPS) is 11.6. The predicted molar refractivity (Wildman–Crippen MR) is 70.2 cm³/mol. The van der Waals surface area contributed by atoms with Crippen molar-refractivity contribution in [3.05, 3.63) is 42.1 Å². The van der Waals surface area contributed by atoms with Crippen molar-refractivity contribution >= 4 is 10.0 Å². The van der Waals surface area contributed by atoms with Crippen molar-refractivity contribution in [1.29, 1.82) is 0 Å². The SMILES string of the molecule is Cn1nccc1S(=O)(=O)NCCc1ccc(O)cc1. The van der Waals surface area contributed by atoms with E-state index in [4.69, 9.17) is 5.11 Å². The zero-order valence-corrected chi connectivity index (χ0v) is 11.3. The van der Waals surface area contributed by atoms with Crippen molar-refractivity contribution in [2.24, 2.45) is 7.05 Å². The fourth-order valence-corrected chi connectivity index (χ4v) is 2.85. The van der Waals surface area contributed by atoms with Gasteiger partial charge < -0.3 is 5.11 Å². The molecule has 0 fully saturated rings. The summed E-state index contributed by atoms with van der Waals surface area (Å²) >= 11 is 0. The third kappa shape index (κ3) is 3.33. The maximum atomic E-state index is 11.9. The molecule has 1 heterocycles. The Kier molecular flexibility index (Phi) is 3.87. The maximum Gasteiger partial charge on any atom is 0.257 e. The second kappa shape index (κ2) is 5.41. The number of phenols is 1. The Morgan fingerprint density at radius 1 is 1.26 bits per heavy atom. The van der Waals surface area contributed by atoms with Crippen molar-refractivity contribution < 1.29 is 13.5 Å². The molecular weight excluding hydrogens is 266 g/mol. The number of sulfonamides is 1. The minimum atomic E-state index is -3.52. The van der Waals surface area contributed by atoms with Crippen LogP contribution in [0.15, 0.2) is 41.6 Å². The Labute approximate surface area is 111 Å². The molecule has 0 amide bonds. The highest BCUT2D eigenvalue weighted by Gasteiger charge is 2.16. The molecule has 0 atom stereocenters. The number of aromatic hydroxyl groups is 1. The van der Waals surface area contributed by atoms with Crippen molar-refractivity contribution in [2.45, 2.75) is 11.4 Å². The van der Waals surface area contributed by atoms with E-state index in [2.05, 4.69) is 9.82 Å². The molecule has 102 valence electrons. The quantitative estimate of drug-likeness (QED) is 0.842. The number of benzene rings is 1. The summed E-state index contributed by atoms with van der Waals surface area (Å²) in [7, 11) is -1.95. The van der Waals surface area contributed by atoms with Gasteiger partial charge in [0.25, 0.3) is 10.0 Å². The smallest absolute Gasteiger partial charge is 0.257 e. The summed E-state index contributed by atoms with van der Waals surface area (Å²) < 4.78 is 27.7. The van der Waals surface area contributed by atoms with Crippen LogP contribution in [0.25, 0.3) is 0 Å². The van der Waals surface area contributed by atoms with Crippen LogP contribution in [0.2, 0.25) is 0 Å². The summed E-state index contributed by atoms with van der Waals surface area (Å²) in [4.78, 5) is 0. The van der Waals surface area contributed by atoms with Crippen LogP contribution in [0.4, 0.5) is 0 Å². The highest BCUT2D eigenvalue weighted by Crippen LogP contribution is 2.10. The summed E-state index contributed by atoms with van der Waals surface area (Å²) in [6.07, 6.45) is 1.99. The van der Waals surface area contributed by atoms with Gasteiger partial charge in [0.15, 0.2) is 5.03 Å². The molecule has 0 aliphatic heterocycles. The number of nitrogens with zero attached hydrogens (tertiary/aromatic N) is 2. The Morgan fingerprint density at radius 3 is 2.53 bits per heavy atom. The molecule has 1 aromatic heterocycles. The fourth-order valence-electron chi connectivity index (χ4n) is 1.69. The lowest BCUT2D eigenvalue weighted by molar-refractivity contribution is 0.475. The van der Waals surface area contributed by atoms with Crippen LogP contribution in [0, 0.1) is 0 Å². The van der Waals surface area contributed by atoms with Gasteiger partial charge in [0, 0.05) is 13.6 Å². The highest BCUT2D eigenvalue weighted by atomic mass is 32.2. The van der Waals surface area contributed by atoms with Crippen molar-refractivity contribution in [3.8, 4) is 5.75 Å². The molecular formula is C12H15N3O3S. The number of rotatable bonds is 5. The van der Waals surface area contributed by atoms with Gasteiger partial charge in [-0.05, 0) is 30.2 Å². The lowest BCUT2D eigenvalue weighted by Gasteiger charge is -2.07. The van der Waals surface area contributed by atoms with Gasteiger partial charge in [0.05, 0.1) is 6.20 Å². The van der Waals surface area contributed by atoms with Crippen molar-refractivity contribution in [2.75, 3.05) is 6.54 Å². The molecule has 19 heavy (non-hydrogen) atoms. The van der Waals surface area contributed by atoms with Crippen LogP contribution in [0.1, 0.15) is 5.56 Å². The van der Waals surface area contributed by atoms with Gasteiger partial charge in [0.1, 0.15) is 5.75 Å². The summed E-state index contributed by atoms with van der Waals surface area (Å²) in [5.41, 5.74) is 0.950. The van der Waals surface area contributed by atoms with Gasteiger partial charge in [-0.15, -0.1) is 0 Å². The lowest BCUT2D eigenvalue weighted by Crippen LogP contribution is -2.27. The van der Waals surface area contributed by atoms with Gasteiger partial charge in [-0.1, -0.05) is 12.1 Å². The average molecular weight is 281 g/mol. The van der Waals surface area contributed by atoms with Crippen LogP contribution in [-0.2, 0) is 23.5 Å². The summed E-state index contributed by atoms with van der Waals surface area (Å²) in [5, 5.41) is 13.1. The van der Waals surface area contributed by atoms with E-state index in [1.807, 2.05) is 0 Å². The van der Waals surface area contributed by atoms with E-state index in [-0.39, 0.29) is 17.3 Å². The Hall–Kier alpha value is -1.86. The molecule has 0 unspecified atom stereocenters. The predicted octanol–water partition coefficient (Wildman–Crippen LogP) is 0.647. The minimum Gasteiger partial charge on any atom is -0.508 e. The van der Waals surface area contributed by atoms with E-state index in [0.717, 1.165) is 5.56 Å². The van der Waals surface area contributed by atoms with E-state index < -0.39 is 10.0 Å². The number of nitrogens with one attached hydrogen (secondary N) is 1. The van der Waals surface area contributed by atoms with Crippen molar-refractivity contribution in [1.82, 2.24) is 14.5 Å². The molecule has 0 saturated carbocycles. The Balaban J connectivity index is 1.96. The van der Waals surface area contributed by atoms with Gasteiger partial charge in [-0.3, -0.25) is 4.68 Å². The molecule has 1 aromatic carbocycles. The zero-order chi connectivity index (χ0) is 13.9. The molecule has 6 nitrogen and oxygen atoms in total. The third-order valence-corrected chi connectivity index (χ3v) is 4.23. The number of hydrogen-bond donors (Lipinski definition) is 2. The molecule has 0 aliphatic rings. The van der Waals surface area contributed by atoms with Gasteiger partial charge in [-0.25, -0.2) is 13.1 Å². The number of phenolic OH excluding ortho intramolecular Hbond substituents is 1. The van der Waals surface area contributed by atoms with Crippen LogP contribution in [0.5, 0.6) is 5.75 Å². The lowest BCUT2D eigenvalue weighted by atomic mass is 10.1. The first kappa shape index (κ1) is 13.6. The highest BCUT2D eigenvalue weighted by molar-refractivity contribution is 7.89. The first-order valence-electron chi connectivity index (χ1n) is 5.74.